The molecule has 0 bridgehead atoms. The third kappa shape index (κ3) is 4.38. The van der Waals surface area contributed by atoms with Crippen LogP contribution in [0, 0.1) is 0 Å². The number of rotatable bonds is 6. The van der Waals surface area contributed by atoms with E-state index in [2.05, 4.69) is 4.98 Å². The molecule has 35 heavy (non-hydrogen) atoms. The first-order chi connectivity index (χ1) is 16.9. The van der Waals surface area contributed by atoms with E-state index in [0.29, 0.717) is 52.8 Å². The molecule has 0 unspecified atom stereocenters. The quantitative estimate of drug-likeness (QED) is 0.397. The van der Waals surface area contributed by atoms with Gasteiger partial charge in [0.15, 0.2) is 11.5 Å². The van der Waals surface area contributed by atoms with Crippen molar-refractivity contribution >= 4 is 40.1 Å². The lowest BCUT2D eigenvalue weighted by Crippen LogP contribution is -2.21. The highest BCUT2D eigenvalue weighted by atomic mass is 35.5. The molecular formula is C27H21ClN2O5. The number of fused-ring (bicyclic) bond motifs is 2. The van der Waals surface area contributed by atoms with Crippen molar-refractivity contribution in [3.63, 3.8) is 0 Å². The molecule has 1 aliphatic heterocycles. The summed E-state index contributed by atoms with van der Waals surface area (Å²) in [6, 6.07) is 17.5. The second kappa shape index (κ2) is 9.27. The highest BCUT2D eigenvalue weighted by molar-refractivity contribution is 6.31. The highest BCUT2D eigenvalue weighted by Gasteiger charge is 2.21. The Balaban J connectivity index is 1.46. The molecule has 0 atom stereocenters. The van der Waals surface area contributed by atoms with E-state index in [4.69, 9.17) is 21.1 Å². The summed E-state index contributed by atoms with van der Waals surface area (Å²) < 4.78 is 13.1. The number of methoxy groups -OCH3 is 1. The number of hydrogen-bond acceptors (Lipinski definition) is 5. The Hall–Kier alpha value is -4.10. The molecule has 0 saturated heterocycles. The van der Waals surface area contributed by atoms with Crippen molar-refractivity contribution in [1.82, 2.24) is 9.55 Å². The number of allylic oxidation sites excluding steroid dienone is 1. The summed E-state index contributed by atoms with van der Waals surface area (Å²) in [7, 11) is 1.58. The number of hydrogen-bond donors (Lipinski definition) is 1. The van der Waals surface area contributed by atoms with Gasteiger partial charge in [0.05, 0.1) is 23.6 Å². The van der Waals surface area contributed by atoms with E-state index < -0.39 is 5.97 Å². The van der Waals surface area contributed by atoms with Crippen molar-refractivity contribution in [2.75, 3.05) is 7.11 Å². The number of nitrogens with zero attached hydrogens (tertiary/aromatic N) is 2. The second-order valence-electron chi connectivity index (χ2n) is 8.14. The van der Waals surface area contributed by atoms with E-state index in [-0.39, 0.29) is 11.1 Å². The standard InChI is InChI=1S/C27H21ClN2O5/c1-34-24-13-16(6-9-23(24)35-15-19-4-2-3-5-21(19)28)12-17-10-11-30-25(17)29-22-14-18(27(32)33)7-8-20(22)26(30)31/h2-9,12-14H,10-11,15H2,1H3,(H,32,33). The predicted molar refractivity (Wildman–Crippen MR) is 134 cm³/mol. The van der Waals surface area contributed by atoms with Gasteiger partial charge in [-0.05, 0) is 60.0 Å². The van der Waals surface area contributed by atoms with Crippen molar-refractivity contribution in [3.05, 3.63) is 98.6 Å². The van der Waals surface area contributed by atoms with Gasteiger partial charge < -0.3 is 14.6 Å². The predicted octanol–water partition coefficient (Wildman–Crippen LogP) is 5.28. The average Bonchev–Trinajstić information content (AvgIpc) is 3.26. The number of carbonyl (C=O) groups is 1. The number of halogens is 1. The van der Waals surface area contributed by atoms with Gasteiger partial charge in [-0.3, -0.25) is 9.36 Å². The lowest BCUT2D eigenvalue weighted by atomic mass is 10.1. The van der Waals surface area contributed by atoms with E-state index in [9.17, 15) is 14.7 Å². The monoisotopic (exact) mass is 488 g/mol. The molecule has 0 radical (unpaired) electrons. The molecule has 0 aliphatic carbocycles. The smallest absolute Gasteiger partial charge is 0.335 e. The fourth-order valence-electron chi connectivity index (χ4n) is 4.15. The number of aromatic nitrogens is 2. The van der Waals surface area contributed by atoms with Crippen LogP contribution in [0.2, 0.25) is 5.02 Å². The molecule has 7 nitrogen and oxygen atoms in total. The van der Waals surface area contributed by atoms with E-state index in [0.717, 1.165) is 16.7 Å². The fraction of sp³-hybridized carbons (Fsp3) is 0.148. The first kappa shape index (κ1) is 22.7. The Morgan fingerprint density at radius 2 is 1.97 bits per heavy atom. The maximum absolute atomic E-state index is 13.0. The minimum atomic E-state index is -1.06. The largest absolute Gasteiger partial charge is 0.493 e. The Labute approximate surface area is 205 Å². The molecule has 0 saturated carbocycles. The molecule has 176 valence electrons. The van der Waals surface area contributed by atoms with Crippen molar-refractivity contribution in [2.45, 2.75) is 19.6 Å². The van der Waals surface area contributed by atoms with Crippen LogP contribution >= 0.6 is 11.6 Å². The Kier molecular flexibility index (Phi) is 6.01. The zero-order chi connectivity index (χ0) is 24.5. The molecule has 1 aliphatic rings. The number of carboxylic acid groups (broad SMARTS) is 1. The van der Waals surface area contributed by atoms with Crippen molar-refractivity contribution < 1.29 is 19.4 Å². The molecular weight excluding hydrogens is 468 g/mol. The molecule has 0 amide bonds. The number of benzene rings is 3. The lowest BCUT2D eigenvalue weighted by molar-refractivity contribution is 0.0697. The fourth-order valence-corrected chi connectivity index (χ4v) is 4.34. The zero-order valence-corrected chi connectivity index (χ0v) is 19.6. The van der Waals surface area contributed by atoms with Gasteiger partial charge in [-0.1, -0.05) is 35.9 Å². The van der Waals surface area contributed by atoms with E-state index in [1.165, 1.54) is 18.2 Å². The van der Waals surface area contributed by atoms with Gasteiger partial charge in [-0.25, -0.2) is 9.78 Å². The van der Waals surface area contributed by atoms with Crippen molar-refractivity contribution in [2.24, 2.45) is 0 Å². The van der Waals surface area contributed by atoms with Crippen LogP contribution in [0.25, 0.3) is 22.6 Å². The molecule has 0 spiro atoms. The lowest BCUT2D eigenvalue weighted by Gasteiger charge is -2.12. The van der Waals surface area contributed by atoms with Crippen LogP contribution in [-0.4, -0.2) is 27.7 Å². The topological polar surface area (TPSA) is 90.7 Å². The van der Waals surface area contributed by atoms with Crippen LogP contribution in [0.1, 0.15) is 33.7 Å². The van der Waals surface area contributed by atoms with E-state index >= 15 is 0 Å². The second-order valence-corrected chi connectivity index (χ2v) is 8.55. The molecule has 0 fully saturated rings. The van der Waals surface area contributed by atoms with E-state index in [1.807, 2.05) is 48.5 Å². The highest BCUT2D eigenvalue weighted by Crippen LogP contribution is 2.33. The molecule has 5 rings (SSSR count). The van der Waals surface area contributed by atoms with Crippen LogP contribution < -0.4 is 15.0 Å². The summed E-state index contributed by atoms with van der Waals surface area (Å²) in [5.41, 5.74) is 2.91. The van der Waals surface area contributed by atoms with Gasteiger partial charge in [0.1, 0.15) is 12.4 Å². The molecule has 3 aromatic carbocycles. The Morgan fingerprint density at radius 3 is 2.74 bits per heavy atom. The maximum atomic E-state index is 13.0. The summed E-state index contributed by atoms with van der Waals surface area (Å²) in [6.45, 7) is 0.821. The Bertz CT molecular complexity index is 1560. The van der Waals surface area contributed by atoms with E-state index in [1.54, 1.807) is 11.7 Å². The third-order valence-corrected chi connectivity index (χ3v) is 6.33. The summed E-state index contributed by atoms with van der Waals surface area (Å²) >= 11 is 6.22. The van der Waals surface area contributed by atoms with Gasteiger partial charge in [-0.2, -0.15) is 0 Å². The summed E-state index contributed by atoms with van der Waals surface area (Å²) in [5.74, 6) is 0.638. The minimum Gasteiger partial charge on any atom is -0.493 e. The van der Waals surface area contributed by atoms with Gasteiger partial charge in [0.2, 0.25) is 0 Å². The number of aromatic carboxylic acids is 1. The van der Waals surface area contributed by atoms with Gasteiger partial charge in [-0.15, -0.1) is 0 Å². The van der Waals surface area contributed by atoms with Gasteiger partial charge >= 0.3 is 5.97 Å². The Morgan fingerprint density at radius 1 is 1.14 bits per heavy atom. The van der Waals surface area contributed by atoms with Crippen LogP contribution in [0.15, 0.2) is 65.5 Å². The average molecular weight is 489 g/mol. The maximum Gasteiger partial charge on any atom is 0.335 e. The summed E-state index contributed by atoms with van der Waals surface area (Å²) in [5, 5.41) is 10.3. The number of ether oxygens (including phenoxy) is 2. The third-order valence-electron chi connectivity index (χ3n) is 5.96. The molecule has 4 aromatic rings. The molecule has 1 N–H and O–H groups in total. The minimum absolute atomic E-state index is 0.0926. The van der Waals surface area contributed by atoms with Crippen LogP contribution in [-0.2, 0) is 13.2 Å². The van der Waals surface area contributed by atoms with Gasteiger partial charge in [0.25, 0.3) is 5.56 Å². The number of carboxylic acids is 1. The summed E-state index contributed by atoms with van der Waals surface area (Å²) in [4.78, 5) is 28.9. The molecule has 1 aromatic heterocycles. The normalized spacial score (nSPS) is 13.7. The van der Waals surface area contributed by atoms with Crippen LogP contribution in [0.4, 0.5) is 0 Å². The summed E-state index contributed by atoms with van der Waals surface area (Å²) in [6.07, 6.45) is 2.59. The van der Waals surface area contributed by atoms with Crippen LogP contribution in [0.5, 0.6) is 11.5 Å². The van der Waals surface area contributed by atoms with Gasteiger partial charge in [0, 0.05) is 17.1 Å². The zero-order valence-electron chi connectivity index (χ0n) is 18.8. The first-order valence-electron chi connectivity index (χ1n) is 11.0. The molecule has 2 heterocycles. The molecule has 8 heteroatoms. The SMILES string of the molecule is COc1cc(C=C2CCn3c2nc2cc(C(=O)O)ccc2c3=O)ccc1OCc1ccccc1Cl. The first-order valence-corrected chi connectivity index (χ1v) is 11.4. The van der Waals surface area contributed by atoms with Crippen molar-refractivity contribution in [1.29, 1.82) is 0 Å². The van der Waals surface area contributed by atoms with Crippen molar-refractivity contribution in [3.8, 4) is 11.5 Å². The van der Waals surface area contributed by atoms with Crippen LogP contribution in [0.3, 0.4) is 0 Å².